The van der Waals surface area contributed by atoms with Crippen LogP contribution in [-0.4, -0.2) is 49.1 Å². The number of rotatable bonds is 4. The molecule has 2 fully saturated rings. The van der Waals surface area contributed by atoms with Gasteiger partial charge in [0.15, 0.2) is 0 Å². The summed E-state index contributed by atoms with van der Waals surface area (Å²) >= 11 is 0. The lowest BCUT2D eigenvalue weighted by molar-refractivity contribution is -0.125. The molecule has 2 aliphatic rings. The van der Waals surface area contributed by atoms with E-state index in [0.717, 1.165) is 38.9 Å². The van der Waals surface area contributed by atoms with Gasteiger partial charge in [0.2, 0.25) is 5.91 Å². The largest absolute Gasteiger partial charge is 0.352 e. The lowest BCUT2D eigenvalue weighted by Gasteiger charge is -2.34. The molecule has 5 heteroatoms. The summed E-state index contributed by atoms with van der Waals surface area (Å²) in [5.41, 5.74) is 0. The van der Waals surface area contributed by atoms with Crippen LogP contribution in [0, 0.1) is 5.92 Å². The number of halogens is 1. The Bertz CT molecular complexity index is 293. The fourth-order valence-corrected chi connectivity index (χ4v) is 3.23. The molecule has 0 radical (unpaired) electrons. The molecule has 0 aliphatic carbocycles. The maximum absolute atomic E-state index is 12.2. The molecule has 2 heterocycles. The van der Waals surface area contributed by atoms with Crippen molar-refractivity contribution in [2.45, 2.75) is 58.0 Å². The van der Waals surface area contributed by atoms with Gasteiger partial charge in [-0.3, -0.25) is 4.79 Å². The Labute approximate surface area is 129 Å². The molecule has 2 saturated heterocycles. The van der Waals surface area contributed by atoms with Gasteiger partial charge in [-0.25, -0.2) is 0 Å². The Balaban J connectivity index is 0.00000200. The third kappa shape index (κ3) is 5.23. The summed E-state index contributed by atoms with van der Waals surface area (Å²) in [4.78, 5) is 14.7. The molecule has 118 valence electrons. The van der Waals surface area contributed by atoms with E-state index in [1.54, 1.807) is 0 Å². The van der Waals surface area contributed by atoms with Gasteiger partial charge >= 0.3 is 0 Å². The summed E-state index contributed by atoms with van der Waals surface area (Å²) < 4.78 is 0. The lowest BCUT2D eigenvalue weighted by Crippen LogP contribution is -2.53. The first-order valence-corrected chi connectivity index (χ1v) is 7.95. The van der Waals surface area contributed by atoms with Crippen LogP contribution < -0.4 is 10.6 Å². The summed E-state index contributed by atoms with van der Waals surface area (Å²) in [5.74, 6) is 0.892. The molecule has 0 spiro atoms. The third-order valence-corrected chi connectivity index (χ3v) is 4.46. The van der Waals surface area contributed by atoms with E-state index in [1.165, 1.54) is 19.4 Å². The van der Waals surface area contributed by atoms with Crippen LogP contribution >= 0.6 is 12.4 Å². The standard InChI is InChI=1S/C15H29N3O.ClH/c1-3-8-18-9-5-13(6-10-18)17-15(19)14-11-12(2)4-7-16-14;/h12-14,16H,3-11H2,1-2H3,(H,17,19);1H. The quantitative estimate of drug-likeness (QED) is 0.832. The molecule has 0 aromatic carbocycles. The molecule has 2 unspecified atom stereocenters. The van der Waals surface area contributed by atoms with Gasteiger partial charge in [-0.05, 0) is 51.1 Å². The number of nitrogens with one attached hydrogen (secondary N) is 2. The summed E-state index contributed by atoms with van der Waals surface area (Å²) in [6.45, 7) is 8.91. The minimum absolute atomic E-state index is 0. The van der Waals surface area contributed by atoms with E-state index < -0.39 is 0 Å². The Morgan fingerprint density at radius 2 is 2.00 bits per heavy atom. The van der Waals surface area contributed by atoms with Crippen molar-refractivity contribution in [3.63, 3.8) is 0 Å². The van der Waals surface area contributed by atoms with Gasteiger partial charge in [-0.2, -0.15) is 0 Å². The van der Waals surface area contributed by atoms with Gasteiger partial charge < -0.3 is 15.5 Å². The fraction of sp³-hybridized carbons (Fsp3) is 0.933. The minimum Gasteiger partial charge on any atom is -0.352 e. The van der Waals surface area contributed by atoms with Crippen LogP contribution in [-0.2, 0) is 4.79 Å². The van der Waals surface area contributed by atoms with E-state index >= 15 is 0 Å². The molecule has 2 atom stereocenters. The molecule has 2 aliphatic heterocycles. The highest BCUT2D eigenvalue weighted by molar-refractivity contribution is 5.85. The summed E-state index contributed by atoms with van der Waals surface area (Å²) in [7, 11) is 0. The van der Waals surface area contributed by atoms with Gasteiger partial charge in [0.05, 0.1) is 6.04 Å². The topological polar surface area (TPSA) is 44.4 Å². The van der Waals surface area contributed by atoms with Crippen molar-refractivity contribution < 1.29 is 4.79 Å². The highest BCUT2D eigenvalue weighted by atomic mass is 35.5. The first-order valence-electron chi connectivity index (χ1n) is 7.95. The predicted molar refractivity (Wildman–Crippen MR) is 85.3 cm³/mol. The zero-order valence-corrected chi connectivity index (χ0v) is 13.7. The fourth-order valence-electron chi connectivity index (χ4n) is 3.23. The maximum Gasteiger partial charge on any atom is 0.237 e. The number of likely N-dealkylation sites (tertiary alicyclic amines) is 1. The van der Waals surface area contributed by atoms with E-state index in [2.05, 4.69) is 29.4 Å². The molecule has 2 N–H and O–H groups in total. The summed E-state index contributed by atoms with van der Waals surface area (Å²) in [6.07, 6.45) is 5.61. The van der Waals surface area contributed by atoms with Gasteiger partial charge in [0.1, 0.15) is 0 Å². The summed E-state index contributed by atoms with van der Waals surface area (Å²) in [6, 6.07) is 0.428. The monoisotopic (exact) mass is 303 g/mol. The van der Waals surface area contributed by atoms with Crippen LogP contribution in [0.25, 0.3) is 0 Å². The average Bonchev–Trinajstić information content (AvgIpc) is 2.41. The molecule has 0 aromatic heterocycles. The third-order valence-electron chi connectivity index (χ3n) is 4.46. The first-order chi connectivity index (χ1) is 9.19. The molecule has 2 rings (SSSR count). The van der Waals surface area contributed by atoms with Gasteiger partial charge in [0.25, 0.3) is 0 Å². The number of amides is 1. The van der Waals surface area contributed by atoms with Crippen LogP contribution in [0.5, 0.6) is 0 Å². The lowest BCUT2D eigenvalue weighted by atomic mass is 9.93. The van der Waals surface area contributed by atoms with E-state index in [-0.39, 0.29) is 24.4 Å². The Morgan fingerprint density at radius 3 is 2.60 bits per heavy atom. The van der Waals surface area contributed by atoms with Gasteiger partial charge in [-0.15, -0.1) is 12.4 Å². The van der Waals surface area contributed by atoms with Crippen molar-refractivity contribution in [3.8, 4) is 0 Å². The second-order valence-electron chi connectivity index (χ2n) is 6.26. The molecular formula is C15H30ClN3O. The zero-order valence-electron chi connectivity index (χ0n) is 12.9. The van der Waals surface area contributed by atoms with E-state index in [4.69, 9.17) is 0 Å². The molecule has 0 aromatic rings. The Morgan fingerprint density at radius 1 is 1.30 bits per heavy atom. The highest BCUT2D eigenvalue weighted by Gasteiger charge is 2.27. The Kier molecular flexibility index (Phi) is 7.85. The second-order valence-corrected chi connectivity index (χ2v) is 6.26. The van der Waals surface area contributed by atoms with E-state index in [1.807, 2.05) is 0 Å². The number of hydrogen-bond acceptors (Lipinski definition) is 3. The van der Waals surface area contributed by atoms with E-state index in [9.17, 15) is 4.79 Å². The molecule has 4 nitrogen and oxygen atoms in total. The molecule has 0 bridgehead atoms. The van der Waals surface area contributed by atoms with E-state index in [0.29, 0.717) is 12.0 Å². The van der Waals surface area contributed by atoms with Gasteiger partial charge in [0, 0.05) is 19.1 Å². The average molecular weight is 304 g/mol. The normalized spacial score (nSPS) is 28.7. The van der Waals surface area contributed by atoms with Crippen LogP contribution in [0.3, 0.4) is 0 Å². The van der Waals surface area contributed by atoms with Crippen LogP contribution in [0.4, 0.5) is 0 Å². The van der Waals surface area contributed by atoms with Crippen molar-refractivity contribution in [1.82, 2.24) is 15.5 Å². The van der Waals surface area contributed by atoms with Crippen molar-refractivity contribution in [1.29, 1.82) is 0 Å². The molecule has 1 amide bonds. The van der Waals surface area contributed by atoms with Crippen molar-refractivity contribution >= 4 is 18.3 Å². The van der Waals surface area contributed by atoms with Crippen LogP contribution in [0.15, 0.2) is 0 Å². The molecule has 20 heavy (non-hydrogen) atoms. The SMILES string of the molecule is CCCN1CCC(NC(=O)C2CC(C)CCN2)CC1.Cl. The van der Waals surface area contributed by atoms with Crippen molar-refractivity contribution in [3.05, 3.63) is 0 Å². The summed E-state index contributed by atoms with van der Waals surface area (Å²) in [5, 5.41) is 6.59. The molecular weight excluding hydrogens is 274 g/mol. The number of nitrogens with zero attached hydrogens (tertiary/aromatic N) is 1. The minimum atomic E-state index is 0. The van der Waals surface area contributed by atoms with Crippen molar-refractivity contribution in [2.24, 2.45) is 5.92 Å². The van der Waals surface area contributed by atoms with Crippen LogP contribution in [0.1, 0.15) is 46.0 Å². The van der Waals surface area contributed by atoms with Crippen molar-refractivity contribution in [2.75, 3.05) is 26.2 Å². The first kappa shape index (κ1) is 17.7. The molecule has 0 saturated carbocycles. The smallest absolute Gasteiger partial charge is 0.237 e. The highest BCUT2D eigenvalue weighted by Crippen LogP contribution is 2.16. The second kappa shape index (κ2) is 8.85. The van der Waals surface area contributed by atoms with Gasteiger partial charge in [-0.1, -0.05) is 13.8 Å². The zero-order chi connectivity index (χ0) is 13.7. The number of carbonyl (C=O) groups excluding carboxylic acids is 1. The van der Waals surface area contributed by atoms with Crippen LogP contribution in [0.2, 0.25) is 0 Å². The number of piperidine rings is 2. The maximum atomic E-state index is 12.2. The number of carbonyl (C=O) groups is 1. The predicted octanol–water partition coefficient (Wildman–Crippen LogP) is 1.79. The Hall–Kier alpha value is -0.320. The number of hydrogen-bond donors (Lipinski definition) is 2.